The van der Waals surface area contributed by atoms with Crippen molar-refractivity contribution in [3.05, 3.63) is 11.6 Å². The first-order chi connectivity index (χ1) is 10.6. The van der Waals surface area contributed by atoms with Gasteiger partial charge in [0.05, 0.1) is 6.10 Å². The molecule has 0 radical (unpaired) electrons. The van der Waals surface area contributed by atoms with Crippen molar-refractivity contribution in [2.45, 2.75) is 104 Å². The SMILES string of the molecule is CCCCCCCC=C1C(=O)CC(C)C1O[Si](C)(C)C(C)(C)C. The van der Waals surface area contributed by atoms with Gasteiger partial charge in [-0.15, -0.1) is 0 Å². The maximum Gasteiger partial charge on any atom is 0.192 e. The molecule has 2 nitrogen and oxygen atoms in total. The number of hydrogen-bond acceptors (Lipinski definition) is 2. The van der Waals surface area contributed by atoms with Gasteiger partial charge in [-0.25, -0.2) is 0 Å². The molecule has 0 N–H and O–H groups in total. The topological polar surface area (TPSA) is 26.3 Å². The van der Waals surface area contributed by atoms with Crippen LogP contribution in [0.4, 0.5) is 0 Å². The van der Waals surface area contributed by atoms with E-state index in [4.69, 9.17) is 4.43 Å². The van der Waals surface area contributed by atoms with Gasteiger partial charge in [0.25, 0.3) is 0 Å². The number of hydrogen-bond donors (Lipinski definition) is 0. The summed E-state index contributed by atoms with van der Waals surface area (Å²) in [5, 5.41) is 0.184. The summed E-state index contributed by atoms with van der Waals surface area (Å²) in [4.78, 5) is 12.4. The van der Waals surface area contributed by atoms with Gasteiger partial charge >= 0.3 is 0 Å². The summed E-state index contributed by atoms with van der Waals surface area (Å²) < 4.78 is 6.60. The lowest BCUT2D eigenvalue weighted by molar-refractivity contribution is -0.114. The normalized spacial score (nSPS) is 24.7. The lowest BCUT2D eigenvalue weighted by Gasteiger charge is -2.39. The second-order valence-electron chi connectivity index (χ2n) is 8.77. The van der Waals surface area contributed by atoms with Gasteiger partial charge in [0.2, 0.25) is 0 Å². The molecule has 2 atom stereocenters. The van der Waals surface area contributed by atoms with Crippen molar-refractivity contribution in [2.75, 3.05) is 0 Å². The molecule has 0 saturated heterocycles. The van der Waals surface area contributed by atoms with Gasteiger partial charge in [-0.3, -0.25) is 4.79 Å². The highest BCUT2D eigenvalue weighted by molar-refractivity contribution is 6.74. The summed E-state index contributed by atoms with van der Waals surface area (Å²) in [6, 6.07) is 0. The summed E-state index contributed by atoms with van der Waals surface area (Å²) >= 11 is 0. The van der Waals surface area contributed by atoms with Crippen LogP contribution < -0.4 is 0 Å². The van der Waals surface area contributed by atoms with Gasteiger partial charge in [0, 0.05) is 12.0 Å². The quantitative estimate of drug-likeness (QED) is 0.296. The van der Waals surface area contributed by atoms with E-state index in [2.05, 4.69) is 53.8 Å². The highest BCUT2D eigenvalue weighted by Gasteiger charge is 2.44. The second-order valence-corrected chi connectivity index (χ2v) is 13.5. The summed E-state index contributed by atoms with van der Waals surface area (Å²) in [6.07, 6.45) is 10.3. The zero-order chi connectivity index (χ0) is 17.7. The van der Waals surface area contributed by atoms with Crippen molar-refractivity contribution in [3.63, 3.8) is 0 Å². The smallest absolute Gasteiger partial charge is 0.192 e. The van der Waals surface area contributed by atoms with Gasteiger partial charge in [-0.2, -0.15) is 0 Å². The average Bonchev–Trinajstić information content (AvgIpc) is 2.67. The minimum absolute atomic E-state index is 0.0269. The van der Waals surface area contributed by atoms with Crippen LogP contribution in [-0.4, -0.2) is 20.2 Å². The molecule has 3 heteroatoms. The largest absolute Gasteiger partial charge is 0.410 e. The van der Waals surface area contributed by atoms with E-state index in [-0.39, 0.29) is 11.1 Å². The lowest BCUT2D eigenvalue weighted by atomic mass is 10.0. The van der Waals surface area contributed by atoms with Gasteiger partial charge < -0.3 is 4.43 Å². The fourth-order valence-corrected chi connectivity index (χ4v) is 4.24. The summed E-state index contributed by atoms with van der Waals surface area (Å²) in [7, 11) is -1.84. The summed E-state index contributed by atoms with van der Waals surface area (Å²) in [5.41, 5.74) is 0.970. The van der Waals surface area contributed by atoms with Crippen LogP contribution in [0, 0.1) is 5.92 Å². The number of unbranched alkanes of at least 4 members (excludes halogenated alkanes) is 5. The Morgan fingerprint density at radius 1 is 1.17 bits per heavy atom. The van der Waals surface area contributed by atoms with Crippen molar-refractivity contribution >= 4 is 14.1 Å². The number of rotatable bonds is 8. The predicted molar refractivity (Wildman–Crippen MR) is 102 cm³/mol. The van der Waals surface area contributed by atoms with Crippen LogP contribution in [0.3, 0.4) is 0 Å². The van der Waals surface area contributed by atoms with Crippen LogP contribution in [0.2, 0.25) is 18.1 Å². The second kappa shape index (κ2) is 8.62. The first-order valence-electron chi connectivity index (χ1n) is 9.51. The monoisotopic (exact) mass is 338 g/mol. The Morgan fingerprint density at radius 2 is 1.78 bits per heavy atom. The third-order valence-electron chi connectivity index (χ3n) is 5.55. The highest BCUT2D eigenvalue weighted by Crippen LogP contribution is 2.41. The minimum atomic E-state index is -1.84. The van der Waals surface area contributed by atoms with Crippen LogP contribution in [0.5, 0.6) is 0 Å². The average molecular weight is 339 g/mol. The molecule has 0 aromatic rings. The molecule has 0 bridgehead atoms. The number of carbonyl (C=O) groups is 1. The third-order valence-corrected chi connectivity index (χ3v) is 10.0. The molecule has 0 aromatic carbocycles. The molecule has 0 heterocycles. The molecule has 2 unspecified atom stereocenters. The Bertz CT molecular complexity index is 418. The molecular weight excluding hydrogens is 300 g/mol. The molecule has 0 aliphatic heterocycles. The molecule has 1 fully saturated rings. The van der Waals surface area contributed by atoms with Crippen LogP contribution >= 0.6 is 0 Å². The van der Waals surface area contributed by atoms with E-state index in [9.17, 15) is 4.79 Å². The fraction of sp³-hybridized carbons (Fsp3) is 0.850. The van der Waals surface area contributed by atoms with Gasteiger partial charge in [-0.1, -0.05) is 66.4 Å². The molecule has 0 spiro atoms. The summed E-state index contributed by atoms with van der Waals surface area (Å²) in [6.45, 7) is 15.8. The van der Waals surface area contributed by atoms with Gasteiger partial charge in [0.15, 0.2) is 14.1 Å². The number of Topliss-reactive ketones (excluding diaryl/α,β-unsaturated/α-hetero) is 1. The molecule has 1 rings (SSSR count). The van der Waals surface area contributed by atoms with Crippen LogP contribution in [0.1, 0.15) is 79.6 Å². The maximum absolute atomic E-state index is 12.4. The number of carbonyl (C=O) groups excluding carboxylic acids is 1. The Morgan fingerprint density at radius 3 is 2.35 bits per heavy atom. The number of allylic oxidation sites excluding steroid dienone is 1. The zero-order valence-corrected chi connectivity index (χ0v) is 17.5. The molecule has 134 valence electrons. The van der Waals surface area contributed by atoms with Crippen LogP contribution in [-0.2, 0) is 9.22 Å². The molecule has 0 amide bonds. The molecular formula is C20H38O2Si. The summed E-state index contributed by atoms with van der Waals surface area (Å²) in [5.74, 6) is 0.637. The molecule has 1 saturated carbocycles. The van der Waals surface area contributed by atoms with E-state index in [1.807, 2.05) is 0 Å². The van der Waals surface area contributed by atoms with Crippen molar-refractivity contribution < 1.29 is 9.22 Å². The molecule has 0 aromatic heterocycles. The third kappa shape index (κ3) is 5.86. The van der Waals surface area contributed by atoms with Crippen molar-refractivity contribution in [3.8, 4) is 0 Å². The fourth-order valence-electron chi connectivity index (χ4n) is 2.89. The van der Waals surface area contributed by atoms with E-state index in [1.54, 1.807) is 0 Å². The van der Waals surface area contributed by atoms with Gasteiger partial charge in [0.1, 0.15) is 0 Å². The van der Waals surface area contributed by atoms with Crippen LogP contribution in [0.25, 0.3) is 0 Å². The van der Waals surface area contributed by atoms with E-state index in [1.165, 1.54) is 32.1 Å². The van der Waals surface area contributed by atoms with E-state index < -0.39 is 8.32 Å². The zero-order valence-electron chi connectivity index (χ0n) is 16.5. The van der Waals surface area contributed by atoms with Crippen LogP contribution in [0.15, 0.2) is 11.6 Å². The maximum atomic E-state index is 12.4. The Kier molecular flexibility index (Phi) is 7.73. The Hall–Kier alpha value is -0.413. The highest BCUT2D eigenvalue weighted by atomic mass is 28.4. The van der Waals surface area contributed by atoms with E-state index in [0.717, 1.165) is 12.0 Å². The first-order valence-corrected chi connectivity index (χ1v) is 12.4. The predicted octanol–water partition coefficient (Wildman–Crippen LogP) is 6.27. The Labute approximate surface area is 145 Å². The van der Waals surface area contributed by atoms with E-state index in [0.29, 0.717) is 18.1 Å². The lowest BCUT2D eigenvalue weighted by Crippen LogP contribution is -2.45. The van der Waals surface area contributed by atoms with Crippen molar-refractivity contribution in [1.29, 1.82) is 0 Å². The van der Waals surface area contributed by atoms with E-state index >= 15 is 0 Å². The number of ketones is 1. The standard InChI is InChI=1S/C20H38O2Si/c1-8-9-10-11-12-13-14-17-18(21)15-16(2)19(17)22-23(6,7)20(3,4)5/h14,16,19H,8-13,15H2,1-7H3. The molecule has 1 aliphatic carbocycles. The minimum Gasteiger partial charge on any atom is -0.410 e. The molecule has 23 heavy (non-hydrogen) atoms. The van der Waals surface area contributed by atoms with Gasteiger partial charge in [-0.05, 0) is 36.9 Å². The van der Waals surface area contributed by atoms with Crippen molar-refractivity contribution in [1.82, 2.24) is 0 Å². The first kappa shape index (κ1) is 20.6. The molecule has 1 aliphatic rings. The Balaban J connectivity index is 2.70. The van der Waals surface area contributed by atoms with Crippen molar-refractivity contribution in [2.24, 2.45) is 5.92 Å².